The van der Waals surface area contributed by atoms with Crippen molar-refractivity contribution in [3.8, 4) is 5.75 Å². The molecule has 1 fully saturated rings. The van der Waals surface area contributed by atoms with Gasteiger partial charge in [0.1, 0.15) is 11.6 Å². The summed E-state index contributed by atoms with van der Waals surface area (Å²) in [6, 6.07) is 14.6. The Bertz CT molecular complexity index is 947. The maximum absolute atomic E-state index is 13.2. The molecule has 1 unspecified atom stereocenters. The maximum atomic E-state index is 13.2. The van der Waals surface area contributed by atoms with Gasteiger partial charge in [-0.3, -0.25) is 9.69 Å². The highest BCUT2D eigenvalue weighted by Gasteiger charge is 2.33. The van der Waals surface area contributed by atoms with Gasteiger partial charge in [0.15, 0.2) is 6.10 Å². The van der Waals surface area contributed by atoms with E-state index < -0.39 is 6.10 Å². The van der Waals surface area contributed by atoms with Crippen molar-refractivity contribution in [3.05, 3.63) is 54.3 Å². The van der Waals surface area contributed by atoms with Crippen LogP contribution >= 0.6 is 0 Å². The third kappa shape index (κ3) is 7.20. The van der Waals surface area contributed by atoms with Crippen molar-refractivity contribution >= 4 is 17.3 Å². The van der Waals surface area contributed by atoms with Crippen LogP contribution in [0.3, 0.4) is 0 Å². The number of para-hydroxylation sites is 2. The molecule has 36 heavy (non-hydrogen) atoms. The van der Waals surface area contributed by atoms with Crippen LogP contribution in [-0.4, -0.2) is 69.4 Å². The van der Waals surface area contributed by atoms with E-state index in [1.165, 1.54) is 25.0 Å². The third-order valence-corrected chi connectivity index (χ3v) is 7.05. The number of ether oxygens (including phenoxy) is 2. The highest BCUT2D eigenvalue weighted by molar-refractivity contribution is 6.00. The summed E-state index contributed by atoms with van der Waals surface area (Å²) in [4.78, 5) is 20.0. The number of benzene rings is 2. The van der Waals surface area contributed by atoms with Crippen molar-refractivity contribution in [2.45, 2.75) is 51.6 Å². The van der Waals surface area contributed by atoms with Gasteiger partial charge in [0, 0.05) is 51.4 Å². The average Bonchev–Trinajstić information content (AvgIpc) is 2.91. The van der Waals surface area contributed by atoms with Gasteiger partial charge in [-0.25, -0.2) is 4.39 Å². The van der Waals surface area contributed by atoms with Crippen molar-refractivity contribution in [2.75, 3.05) is 62.3 Å². The van der Waals surface area contributed by atoms with E-state index in [4.69, 9.17) is 9.47 Å². The smallest absolute Gasteiger partial charge is 0.268 e. The number of carbonyl (C=O) groups excluding carboxylic acids is 1. The molecule has 0 spiro atoms. The first kappa shape index (κ1) is 26.4. The standard InChI is InChI=1S/C29H40FN3O3/c1-2-3-8-22-35-23-15-28-29(34)33(26-9-4-5-10-27(26)36-28)17-7-6-16-31-18-20-32(21-19-31)25-13-11-24(30)12-14-25/h4-5,9-14,28H,2-3,6-8,15-23H2,1H3. The van der Waals surface area contributed by atoms with Gasteiger partial charge in [-0.2, -0.15) is 0 Å². The second kappa shape index (κ2) is 13.6. The Morgan fingerprint density at radius 3 is 2.44 bits per heavy atom. The molecule has 0 aliphatic carbocycles. The van der Waals surface area contributed by atoms with E-state index >= 15 is 0 Å². The summed E-state index contributed by atoms with van der Waals surface area (Å²) < 4.78 is 25.0. The normalized spacial score (nSPS) is 18.3. The van der Waals surface area contributed by atoms with Crippen LogP contribution < -0.4 is 14.5 Å². The van der Waals surface area contributed by atoms with E-state index in [1.54, 1.807) is 0 Å². The van der Waals surface area contributed by atoms with E-state index in [-0.39, 0.29) is 11.7 Å². The van der Waals surface area contributed by atoms with E-state index in [0.717, 1.165) is 75.7 Å². The van der Waals surface area contributed by atoms with Crippen LogP contribution in [0.15, 0.2) is 48.5 Å². The number of amides is 1. The summed E-state index contributed by atoms with van der Waals surface area (Å²) in [6.45, 7) is 9.07. The van der Waals surface area contributed by atoms with Crippen LogP contribution in [0.2, 0.25) is 0 Å². The number of unbranched alkanes of at least 4 members (excludes halogenated alkanes) is 3. The number of piperazine rings is 1. The Morgan fingerprint density at radius 2 is 1.67 bits per heavy atom. The van der Waals surface area contributed by atoms with Gasteiger partial charge in [0.25, 0.3) is 5.91 Å². The molecule has 2 aromatic rings. The van der Waals surface area contributed by atoms with Gasteiger partial charge in [-0.1, -0.05) is 31.9 Å². The summed E-state index contributed by atoms with van der Waals surface area (Å²) >= 11 is 0. The van der Waals surface area contributed by atoms with Crippen LogP contribution in [0.4, 0.5) is 15.8 Å². The fraction of sp³-hybridized carbons (Fsp3) is 0.552. The molecule has 0 aromatic heterocycles. The molecule has 0 radical (unpaired) electrons. The number of hydrogen-bond donors (Lipinski definition) is 0. The fourth-order valence-electron chi connectivity index (χ4n) is 4.92. The zero-order chi connectivity index (χ0) is 25.2. The van der Waals surface area contributed by atoms with Crippen LogP contribution in [0, 0.1) is 5.82 Å². The second-order valence-electron chi connectivity index (χ2n) is 9.68. The van der Waals surface area contributed by atoms with Crippen LogP contribution in [-0.2, 0) is 9.53 Å². The van der Waals surface area contributed by atoms with Crippen LogP contribution in [0.5, 0.6) is 5.75 Å². The number of halogens is 1. The minimum atomic E-state index is -0.481. The highest BCUT2D eigenvalue weighted by atomic mass is 19.1. The molecule has 1 saturated heterocycles. The first-order chi connectivity index (χ1) is 17.7. The van der Waals surface area contributed by atoms with Gasteiger partial charge < -0.3 is 19.3 Å². The Hall–Kier alpha value is -2.64. The van der Waals surface area contributed by atoms with Gasteiger partial charge in [-0.05, 0) is 62.2 Å². The highest BCUT2D eigenvalue weighted by Crippen LogP contribution is 2.34. The predicted molar refractivity (Wildman–Crippen MR) is 142 cm³/mol. The van der Waals surface area contributed by atoms with Crippen LogP contribution in [0.1, 0.15) is 45.4 Å². The van der Waals surface area contributed by atoms with E-state index in [9.17, 15) is 9.18 Å². The molecular formula is C29H40FN3O3. The number of hydrogen-bond acceptors (Lipinski definition) is 5. The Morgan fingerprint density at radius 1 is 0.917 bits per heavy atom. The van der Waals surface area contributed by atoms with Crippen molar-refractivity contribution < 1.29 is 18.7 Å². The van der Waals surface area contributed by atoms with E-state index in [1.807, 2.05) is 41.3 Å². The first-order valence-corrected chi connectivity index (χ1v) is 13.5. The largest absolute Gasteiger partial charge is 0.478 e. The SMILES string of the molecule is CCCCCOCCC1Oc2ccccc2N(CCCCN2CCN(c3ccc(F)cc3)CC2)C1=O. The molecule has 196 valence electrons. The second-order valence-corrected chi connectivity index (χ2v) is 9.68. The molecule has 6 nitrogen and oxygen atoms in total. The number of fused-ring (bicyclic) bond motifs is 1. The predicted octanol–water partition coefficient (Wildman–Crippen LogP) is 5.12. The minimum Gasteiger partial charge on any atom is -0.478 e. The summed E-state index contributed by atoms with van der Waals surface area (Å²) in [5, 5.41) is 0. The average molecular weight is 498 g/mol. The summed E-state index contributed by atoms with van der Waals surface area (Å²) in [5.74, 6) is 0.629. The maximum Gasteiger partial charge on any atom is 0.268 e. The molecule has 2 aliphatic heterocycles. The molecule has 0 saturated carbocycles. The lowest BCUT2D eigenvalue weighted by atomic mass is 10.1. The lowest BCUT2D eigenvalue weighted by molar-refractivity contribution is -0.127. The van der Waals surface area contributed by atoms with Crippen molar-refractivity contribution in [2.24, 2.45) is 0 Å². The molecule has 0 bridgehead atoms. The van der Waals surface area contributed by atoms with Crippen LogP contribution in [0.25, 0.3) is 0 Å². The summed E-state index contributed by atoms with van der Waals surface area (Å²) in [7, 11) is 0. The zero-order valence-corrected chi connectivity index (χ0v) is 21.5. The number of nitrogens with zero attached hydrogens (tertiary/aromatic N) is 3. The molecule has 1 atom stereocenters. The molecule has 2 heterocycles. The third-order valence-electron chi connectivity index (χ3n) is 7.05. The molecule has 2 aliphatic rings. The van der Waals surface area contributed by atoms with Crippen molar-refractivity contribution in [1.29, 1.82) is 0 Å². The van der Waals surface area contributed by atoms with Gasteiger partial charge in [0.2, 0.25) is 0 Å². The quantitative estimate of drug-likeness (QED) is 0.360. The van der Waals surface area contributed by atoms with Gasteiger partial charge in [-0.15, -0.1) is 0 Å². The molecule has 0 N–H and O–H groups in total. The Kier molecular flexibility index (Phi) is 9.99. The summed E-state index contributed by atoms with van der Waals surface area (Å²) in [5.41, 5.74) is 1.96. The van der Waals surface area contributed by atoms with E-state index in [0.29, 0.717) is 19.6 Å². The number of carbonyl (C=O) groups is 1. The lowest BCUT2D eigenvalue weighted by Crippen LogP contribution is -2.47. The fourth-order valence-corrected chi connectivity index (χ4v) is 4.92. The molecular weight excluding hydrogens is 457 g/mol. The Balaban J connectivity index is 1.21. The monoisotopic (exact) mass is 497 g/mol. The molecule has 7 heteroatoms. The molecule has 4 rings (SSSR count). The molecule has 1 amide bonds. The van der Waals surface area contributed by atoms with Crippen molar-refractivity contribution in [3.63, 3.8) is 0 Å². The Labute approximate surface area is 215 Å². The minimum absolute atomic E-state index is 0.0405. The lowest BCUT2D eigenvalue weighted by Gasteiger charge is -2.36. The van der Waals surface area contributed by atoms with Crippen molar-refractivity contribution in [1.82, 2.24) is 4.90 Å². The number of rotatable bonds is 13. The van der Waals surface area contributed by atoms with E-state index in [2.05, 4.69) is 16.7 Å². The first-order valence-electron chi connectivity index (χ1n) is 13.5. The van der Waals surface area contributed by atoms with Gasteiger partial charge in [0.05, 0.1) is 12.3 Å². The zero-order valence-electron chi connectivity index (χ0n) is 21.5. The number of anilines is 2. The summed E-state index contributed by atoms with van der Waals surface area (Å²) in [6.07, 6.45) is 5.48. The topological polar surface area (TPSA) is 45.3 Å². The van der Waals surface area contributed by atoms with Gasteiger partial charge >= 0.3 is 0 Å². The molecule has 2 aromatic carbocycles.